The molecule has 0 aliphatic carbocycles. The third-order valence-electron chi connectivity index (χ3n) is 3.14. The van der Waals surface area contributed by atoms with E-state index in [9.17, 15) is 9.59 Å². The number of hydrogen-bond acceptors (Lipinski definition) is 6. The van der Waals surface area contributed by atoms with Crippen LogP contribution in [0.15, 0.2) is 35.7 Å². The number of rotatable bonds is 6. The fraction of sp³-hybridized carbons (Fsp3) is 0.278. The zero-order valence-electron chi connectivity index (χ0n) is 14.1. The lowest BCUT2D eigenvalue weighted by Gasteiger charge is -2.13. The lowest BCUT2D eigenvalue weighted by atomic mass is 10.2. The van der Waals surface area contributed by atoms with Gasteiger partial charge in [0.15, 0.2) is 6.10 Å². The molecule has 1 N–H and O–H groups in total. The van der Waals surface area contributed by atoms with E-state index in [2.05, 4.69) is 5.32 Å². The topological polar surface area (TPSA) is 88.4 Å². The average molecular weight is 358 g/mol. The molecule has 1 aromatic carbocycles. The van der Waals surface area contributed by atoms with Crippen molar-refractivity contribution in [2.45, 2.75) is 33.0 Å². The van der Waals surface area contributed by atoms with Crippen LogP contribution in [0.1, 0.15) is 36.7 Å². The number of nitrogens with zero attached hydrogens (tertiary/aromatic N) is 1. The molecule has 0 saturated carbocycles. The minimum Gasteiger partial charge on any atom is -0.491 e. The molecule has 0 unspecified atom stereocenters. The minimum absolute atomic E-state index is 0.0390. The van der Waals surface area contributed by atoms with Crippen LogP contribution in [0.2, 0.25) is 0 Å². The highest BCUT2D eigenvalue weighted by Crippen LogP contribution is 2.22. The first-order chi connectivity index (χ1) is 11.9. The Balaban J connectivity index is 1.95. The first-order valence-corrected chi connectivity index (χ1v) is 8.55. The number of ether oxygens (including phenoxy) is 2. The van der Waals surface area contributed by atoms with Gasteiger partial charge in [0.2, 0.25) is 0 Å². The highest BCUT2D eigenvalue weighted by Gasteiger charge is 2.20. The number of hydrogen-bond donors (Lipinski definition) is 1. The van der Waals surface area contributed by atoms with E-state index in [0.29, 0.717) is 21.9 Å². The molecule has 7 heteroatoms. The van der Waals surface area contributed by atoms with Crippen molar-refractivity contribution < 1.29 is 19.1 Å². The lowest BCUT2D eigenvalue weighted by Crippen LogP contribution is -2.29. The fourth-order valence-corrected chi connectivity index (χ4v) is 2.67. The van der Waals surface area contributed by atoms with Gasteiger partial charge in [0.25, 0.3) is 5.91 Å². The Kier molecular flexibility index (Phi) is 6.14. The van der Waals surface area contributed by atoms with Crippen molar-refractivity contribution in [3.05, 3.63) is 46.8 Å². The molecule has 0 radical (unpaired) electrons. The molecule has 0 spiro atoms. The van der Waals surface area contributed by atoms with Crippen LogP contribution < -0.4 is 10.1 Å². The maximum atomic E-state index is 12.1. The van der Waals surface area contributed by atoms with Crippen LogP contribution in [0, 0.1) is 11.3 Å². The average Bonchev–Trinajstić information content (AvgIpc) is 3.01. The van der Waals surface area contributed by atoms with Crippen molar-refractivity contribution in [1.82, 2.24) is 0 Å². The van der Waals surface area contributed by atoms with Crippen LogP contribution in [0.3, 0.4) is 0 Å². The zero-order chi connectivity index (χ0) is 18.4. The number of benzene rings is 1. The van der Waals surface area contributed by atoms with Gasteiger partial charge < -0.3 is 14.8 Å². The van der Waals surface area contributed by atoms with Crippen LogP contribution in [-0.2, 0) is 9.53 Å². The summed E-state index contributed by atoms with van der Waals surface area (Å²) in [6.45, 7) is 5.30. The number of nitrogens with one attached hydrogen (secondary N) is 1. The Bertz CT molecular complexity index is 790. The lowest BCUT2D eigenvalue weighted by molar-refractivity contribution is -0.123. The molecule has 6 nitrogen and oxygen atoms in total. The van der Waals surface area contributed by atoms with Crippen LogP contribution in [0.4, 0.5) is 5.00 Å². The Hall–Kier alpha value is -2.85. The SMILES string of the molecule is CC(C)Oc1ccc(C(=O)O[C@H](C)C(=O)Nc2sccc2C#N)cc1. The van der Waals surface area contributed by atoms with Crippen molar-refractivity contribution in [3.63, 3.8) is 0 Å². The number of anilines is 1. The number of carbonyl (C=O) groups is 2. The van der Waals surface area contributed by atoms with Crippen molar-refractivity contribution in [2.24, 2.45) is 0 Å². The molecule has 2 rings (SSSR count). The first-order valence-electron chi connectivity index (χ1n) is 7.67. The van der Waals surface area contributed by atoms with Gasteiger partial charge in [0.05, 0.1) is 17.2 Å². The summed E-state index contributed by atoms with van der Waals surface area (Å²) in [6, 6.07) is 10.1. The molecular weight excluding hydrogens is 340 g/mol. The van der Waals surface area contributed by atoms with Crippen molar-refractivity contribution in [3.8, 4) is 11.8 Å². The van der Waals surface area contributed by atoms with Crippen LogP contribution in [0.25, 0.3) is 0 Å². The predicted octanol–water partition coefficient (Wildman–Crippen LogP) is 3.59. The molecule has 2 aromatic rings. The van der Waals surface area contributed by atoms with Gasteiger partial charge >= 0.3 is 5.97 Å². The predicted molar refractivity (Wildman–Crippen MR) is 94.7 cm³/mol. The molecular formula is C18H18N2O4S. The largest absolute Gasteiger partial charge is 0.491 e. The van der Waals surface area contributed by atoms with Gasteiger partial charge in [-0.3, -0.25) is 4.79 Å². The third kappa shape index (κ3) is 5.06. The van der Waals surface area contributed by atoms with Gasteiger partial charge in [-0.15, -0.1) is 11.3 Å². The molecule has 1 amide bonds. The Morgan fingerprint density at radius 2 is 1.84 bits per heavy atom. The molecule has 1 aromatic heterocycles. The van der Waals surface area contributed by atoms with E-state index in [1.54, 1.807) is 35.7 Å². The molecule has 130 valence electrons. The molecule has 0 aliphatic heterocycles. The minimum atomic E-state index is -0.993. The normalized spacial score (nSPS) is 11.5. The smallest absolute Gasteiger partial charge is 0.338 e. The van der Waals surface area contributed by atoms with Gasteiger partial charge in [-0.25, -0.2) is 4.79 Å². The van der Waals surface area contributed by atoms with Crippen LogP contribution in [-0.4, -0.2) is 24.1 Å². The Morgan fingerprint density at radius 3 is 2.44 bits per heavy atom. The van der Waals surface area contributed by atoms with Gasteiger partial charge in [-0.1, -0.05) is 0 Å². The van der Waals surface area contributed by atoms with E-state index in [1.807, 2.05) is 19.9 Å². The maximum absolute atomic E-state index is 12.1. The van der Waals surface area contributed by atoms with Gasteiger partial charge in [0.1, 0.15) is 16.8 Å². The van der Waals surface area contributed by atoms with E-state index < -0.39 is 18.0 Å². The molecule has 0 fully saturated rings. The second-order valence-electron chi connectivity index (χ2n) is 5.50. The van der Waals surface area contributed by atoms with Gasteiger partial charge in [-0.05, 0) is 56.5 Å². The van der Waals surface area contributed by atoms with Crippen molar-refractivity contribution in [1.29, 1.82) is 5.26 Å². The zero-order valence-corrected chi connectivity index (χ0v) is 14.9. The number of carbonyl (C=O) groups excluding carboxylic acids is 2. The van der Waals surface area contributed by atoms with E-state index in [4.69, 9.17) is 14.7 Å². The summed E-state index contributed by atoms with van der Waals surface area (Å²) in [5.41, 5.74) is 0.696. The summed E-state index contributed by atoms with van der Waals surface area (Å²) in [5, 5.41) is 13.7. The summed E-state index contributed by atoms with van der Waals surface area (Å²) in [4.78, 5) is 24.2. The Labute approximate surface area is 150 Å². The molecule has 0 saturated heterocycles. The maximum Gasteiger partial charge on any atom is 0.338 e. The highest BCUT2D eigenvalue weighted by atomic mass is 32.1. The van der Waals surface area contributed by atoms with Crippen molar-refractivity contribution in [2.75, 3.05) is 5.32 Å². The summed E-state index contributed by atoms with van der Waals surface area (Å²) >= 11 is 1.23. The molecule has 1 atom stereocenters. The summed E-state index contributed by atoms with van der Waals surface area (Å²) in [7, 11) is 0. The molecule has 0 aliphatic rings. The number of esters is 1. The van der Waals surface area contributed by atoms with Crippen molar-refractivity contribution >= 4 is 28.2 Å². The molecule has 1 heterocycles. The summed E-state index contributed by atoms with van der Waals surface area (Å²) in [5.74, 6) is -0.448. The Morgan fingerprint density at radius 1 is 1.16 bits per heavy atom. The van der Waals surface area contributed by atoms with E-state index in [0.717, 1.165) is 0 Å². The van der Waals surface area contributed by atoms with E-state index in [-0.39, 0.29) is 6.10 Å². The van der Waals surface area contributed by atoms with Gasteiger partial charge in [0, 0.05) is 0 Å². The van der Waals surface area contributed by atoms with Crippen LogP contribution in [0.5, 0.6) is 5.75 Å². The standard InChI is InChI=1S/C18H18N2O4S/c1-11(2)23-15-6-4-13(5-7-15)18(22)24-12(3)16(21)20-17-14(10-19)8-9-25-17/h4-9,11-12H,1-3H3,(H,20,21)/t12-/m1/s1. The molecule has 25 heavy (non-hydrogen) atoms. The summed E-state index contributed by atoms with van der Waals surface area (Å²) in [6.07, 6.45) is -0.954. The first kappa shape index (κ1) is 18.5. The quantitative estimate of drug-likeness (QED) is 0.797. The van der Waals surface area contributed by atoms with Gasteiger partial charge in [-0.2, -0.15) is 5.26 Å². The highest BCUT2D eigenvalue weighted by molar-refractivity contribution is 7.14. The second kappa shape index (κ2) is 8.31. The fourth-order valence-electron chi connectivity index (χ4n) is 1.93. The van der Waals surface area contributed by atoms with Crippen LogP contribution >= 0.6 is 11.3 Å². The number of thiophene rings is 1. The number of nitriles is 1. The number of amides is 1. The second-order valence-corrected chi connectivity index (χ2v) is 6.42. The third-order valence-corrected chi connectivity index (χ3v) is 3.97. The monoisotopic (exact) mass is 358 g/mol. The van der Waals surface area contributed by atoms with E-state index in [1.165, 1.54) is 18.3 Å². The molecule has 0 bridgehead atoms. The summed E-state index contributed by atoms with van der Waals surface area (Å²) < 4.78 is 10.7. The van der Waals surface area contributed by atoms with E-state index >= 15 is 0 Å².